The number of rotatable bonds is 7. The highest BCUT2D eigenvalue weighted by Gasteiger charge is 2.26. The van der Waals surface area contributed by atoms with Gasteiger partial charge in [-0.3, -0.25) is 4.79 Å². The minimum Gasteiger partial charge on any atom is -0.491 e. The van der Waals surface area contributed by atoms with Crippen molar-refractivity contribution >= 4 is 11.6 Å². The second-order valence-electron chi connectivity index (χ2n) is 6.25. The van der Waals surface area contributed by atoms with Gasteiger partial charge >= 0.3 is 0 Å². The van der Waals surface area contributed by atoms with Crippen molar-refractivity contribution in [2.75, 3.05) is 13.4 Å². The predicted octanol–water partition coefficient (Wildman–Crippen LogP) is 3.82. The molecular formula is C21H19ClN2O4. The lowest BCUT2D eigenvalue weighted by atomic mass is 10.0. The first-order valence-electron chi connectivity index (χ1n) is 8.87. The van der Waals surface area contributed by atoms with Gasteiger partial charge in [-0.15, -0.1) is 0 Å². The Kier molecular flexibility index (Phi) is 5.39. The van der Waals surface area contributed by atoms with Crippen molar-refractivity contribution in [3.63, 3.8) is 0 Å². The number of hydrogen-bond donors (Lipinski definition) is 0. The third-order valence-corrected chi connectivity index (χ3v) is 4.79. The zero-order valence-corrected chi connectivity index (χ0v) is 15.8. The molecule has 1 unspecified atom stereocenters. The molecule has 0 saturated carbocycles. The fourth-order valence-corrected chi connectivity index (χ4v) is 3.33. The zero-order valence-electron chi connectivity index (χ0n) is 15.0. The normalized spacial score (nSPS) is 14.1. The van der Waals surface area contributed by atoms with Gasteiger partial charge in [-0.1, -0.05) is 29.8 Å². The van der Waals surface area contributed by atoms with Crippen LogP contribution in [0.4, 0.5) is 0 Å². The highest BCUT2D eigenvalue weighted by molar-refractivity contribution is 6.31. The van der Waals surface area contributed by atoms with Gasteiger partial charge in [0, 0.05) is 35.2 Å². The number of allylic oxidation sites excluding steroid dienone is 1. The van der Waals surface area contributed by atoms with Crippen LogP contribution in [0.3, 0.4) is 0 Å². The smallest absolute Gasteiger partial charge is 0.255 e. The summed E-state index contributed by atoms with van der Waals surface area (Å²) in [6.07, 6.45) is 7.13. The van der Waals surface area contributed by atoms with Crippen molar-refractivity contribution in [2.24, 2.45) is 0 Å². The Labute approximate surface area is 167 Å². The highest BCUT2D eigenvalue weighted by Crippen LogP contribution is 2.33. The summed E-state index contributed by atoms with van der Waals surface area (Å²) < 4.78 is 20.0. The molecule has 1 aliphatic heterocycles. The molecule has 4 rings (SSSR count). The van der Waals surface area contributed by atoms with Gasteiger partial charge < -0.3 is 23.3 Å². The Bertz CT molecular complexity index is 1030. The molecule has 0 spiro atoms. The van der Waals surface area contributed by atoms with E-state index in [2.05, 4.69) is 0 Å². The van der Waals surface area contributed by atoms with Gasteiger partial charge in [-0.2, -0.15) is 0 Å². The van der Waals surface area contributed by atoms with E-state index in [4.69, 9.17) is 25.8 Å². The first-order valence-corrected chi connectivity index (χ1v) is 9.25. The minimum absolute atomic E-state index is 0.117. The van der Waals surface area contributed by atoms with E-state index in [0.717, 1.165) is 5.56 Å². The average Bonchev–Trinajstić information content (AvgIpc) is 3.39. The standard InChI is InChI=1S/C21H19ClN2O4/c22-18-6-2-1-5-17(18)21(19-14-26-15-28-19)24-10-7-16(13-20(24)25)27-12-11-23-8-3-4-9-23/h1-10,13-14,21H,11-12,15H2. The first-order chi connectivity index (χ1) is 13.7. The van der Waals surface area contributed by atoms with Crippen molar-refractivity contribution in [2.45, 2.75) is 12.6 Å². The molecule has 7 heteroatoms. The van der Waals surface area contributed by atoms with Crippen LogP contribution in [-0.4, -0.2) is 22.5 Å². The number of halogens is 1. The summed E-state index contributed by atoms with van der Waals surface area (Å²) in [6.45, 7) is 1.29. The number of pyridine rings is 1. The lowest BCUT2D eigenvalue weighted by molar-refractivity contribution is 0.0735. The summed E-state index contributed by atoms with van der Waals surface area (Å²) in [7, 11) is 0. The SMILES string of the molecule is O=c1cc(OCCn2cccc2)ccn1C(C1=COCO1)c1ccccc1Cl. The summed E-state index contributed by atoms with van der Waals surface area (Å²) in [5.74, 6) is 1.04. The molecule has 1 aromatic carbocycles. The molecule has 0 bridgehead atoms. The minimum atomic E-state index is -0.516. The third kappa shape index (κ3) is 3.92. The van der Waals surface area contributed by atoms with Crippen LogP contribution >= 0.6 is 11.6 Å². The van der Waals surface area contributed by atoms with Gasteiger partial charge in [0.1, 0.15) is 24.7 Å². The summed E-state index contributed by atoms with van der Waals surface area (Å²) in [6, 6.07) is 14.0. The molecule has 0 amide bonds. The molecular weight excluding hydrogens is 380 g/mol. The maximum atomic E-state index is 12.8. The Morgan fingerprint density at radius 3 is 2.64 bits per heavy atom. The first kappa shape index (κ1) is 18.3. The molecule has 3 aromatic rings. The third-order valence-electron chi connectivity index (χ3n) is 4.44. The molecule has 28 heavy (non-hydrogen) atoms. The highest BCUT2D eigenvalue weighted by atomic mass is 35.5. The second-order valence-corrected chi connectivity index (χ2v) is 6.66. The van der Waals surface area contributed by atoms with Gasteiger partial charge in [0.2, 0.25) is 6.79 Å². The molecule has 2 aromatic heterocycles. The van der Waals surface area contributed by atoms with Crippen LogP contribution in [0.5, 0.6) is 5.75 Å². The van der Waals surface area contributed by atoms with Crippen LogP contribution in [0.15, 0.2) is 83.9 Å². The summed E-state index contributed by atoms with van der Waals surface area (Å²) in [5.41, 5.74) is 0.532. The van der Waals surface area contributed by atoms with Gasteiger partial charge in [0.15, 0.2) is 5.76 Å². The van der Waals surface area contributed by atoms with Gasteiger partial charge in [-0.05, 0) is 24.3 Å². The van der Waals surface area contributed by atoms with E-state index in [0.29, 0.717) is 29.7 Å². The molecule has 0 radical (unpaired) electrons. The number of nitrogens with zero attached hydrogens (tertiary/aromatic N) is 2. The van der Waals surface area contributed by atoms with Crippen LogP contribution < -0.4 is 10.3 Å². The predicted molar refractivity (Wildman–Crippen MR) is 105 cm³/mol. The molecule has 144 valence electrons. The molecule has 6 nitrogen and oxygen atoms in total. The van der Waals surface area contributed by atoms with Crippen LogP contribution in [-0.2, 0) is 16.0 Å². The Hall–Kier alpha value is -3.12. The van der Waals surface area contributed by atoms with E-state index in [1.54, 1.807) is 22.9 Å². The van der Waals surface area contributed by atoms with Gasteiger partial charge in [-0.25, -0.2) is 0 Å². The van der Waals surface area contributed by atoms with Crippen LogP contribution in [0.25, 0.3) is 0 Å². The van der Waals surface area contributed by atoms with E-state index < -0.39 is 6.04 Å². The topological polar surface area (TPSA) is 54.6 Å². The van der Waals surface area contributed by atoms with E-state index in [-0.39, 0.29) is 12.4 Å². The quantitative estimate of drug-likeness (QED) is 0.607. The molecule has 3 heterocycles. The number of hydrogen-bond acceptors (Lipinski definition) is 4. The Morgan fingerprint density at radius 2 is 1.93 bits per heavy atom. The van der Waals surface area contributed by atoms with Crippen LogP contribution in [0.1, 0.15) is 11.6 Å². The summed E-state index contributed by atoms with van der Waals surface area (Å²) in [5, 5.41) is 0.544. The number of aromatic nitrogens is 2. The van der Waals surface area contributed by atoms with Crippen molar-refractivity contribution in [1.82, 2.24) is 9.13 Å². The summed E-state index contributed by atoms with van der Waals surface area (Å²) in [4.78, 5) is 12.8. The zero-order chi connectivity index (χ0) is 19.3. The Morgan fingerprint density at radius 1 is 1.11 bits per heavy atom. The van der Waals surface area contributed by atoms with E-state index in [1.807, 2.05) is 47.3 Å². The van der Waals surface area contributed by atoms with E-state index in [9.17, 15) is 4.79 Å². The second kappa shape index (κ2) is 8.27. The van der Waals surface area contributed by atoms with Gasteiger partial charge in [0.05, 0.1) is 6.54 Å². The van der Waals surface area contributed by atoms with Crippen molar-refractivity contribution < 1.29 is 14.2 Å². The van der Waals surface area contributed by atoms with Gasteiger partial charge in [0.25, 0.3) is 5.56 Å². The monoisotopic (exact) mass is 398 g/mol. The molecule has 0 fully saturated rings. The lowest BCUT2D eigenvalue weighted by Crippen LogP contribution is -2.26. The number of ether oxygens (including phenoxy) is 3. The molecule has 0 aliphatic carbocycles. The van der Waals surface area contributed by atoms with Crippen molar-refractivity contribution in [3.8, 4) is 5.75 Å². The number of benzene rings is 1. The Balaban J connectivity index is 1.58. The van der Waals surface area contributed by atoms with Crippen molar-refractivity contribution in [3.05, 3.63) is 100 Å². The molecule has 1 atom stereocenters. The largest absolute Gasteiger partial charge is 0.491 e. The van der Waals surface area contributed by atoms with E-state index >= 15 is 0 Å². The fraction of sp³-hybridized carbons (Fsp3) is 0.190. The maximum absolute atomic E-state index is 12.8. The van der Waals surface area contributed by atoms with Crippen LogP contribution in [0, 0.1) is 0 Å². The average molecular weight is 399 g/mol. The molecule has 0 saturated heterocycles. The fourth-order valence-electron chi connectivity index (χ4n) is 3.10. The lowest BCUT2D eigenvalue weighted by Gasteiger charge is -2.21. The maximum Gasteiger partial charge on any atom is 0.255 e. The van der Waals surface area contributed by atoms with Crippen LogP contribution in [0.2, 0.25) is 5.02 Å². The van der Waals surface area contributed by atoms with E-state index in [1.165, 1.54) is 12.3 Å². The summed E-state index contributed by atoms with van der Waals surface area (Å²) >= 11 is 6.38. The molecule has 0 N–H and O–H groups in total. The van der Waals surface area contributed by atoms with Crippen molar-refractivity contribution in [1.29, 1.82) is 0 Å². The molecule has 1 aliphatic rings.